The van der Waals surface area contributed by atoms with Crippen molar-refractivity contribution >= 4 is 10.8 Å². The first-order valence-electron chi connectivity index (χ1n) is 9.13. The van der Waals surface area contributed by atoms with Crippen LogP contribution in [0.2, 0.25) is 0 Å². The molecule has 2 aromatic heterocycles. The van der Waals surface area contributed by atoms with E-state index in [0.717, 1.165) is 27.5 Å². The zero-order valence-electron chi connectivity index (χ0n) is 15.0. The van der Waals surface area contributed by atoms with E-state index in [9.17, 15) is 5.11 Å². The van der Waals surface area contributed by atoms with Gasteiger partial charge in [0.2, 0.25) is 0 Å². The smallest absolute Gasteiger partial charge is 0.144 e. The summed E-state index contributed by atoms with van der Waals surface area (Å²) >= 11 is 0. The predicted octanol–water partition coefficient (Wildman–Crippen LogP) is 3.27. The van der Waals surface area contributed by atoms with Crippen LogP contribution in [-0.4, -0.2) is 33.4 Å². The van der Waals surface area contributed by atoms with Crippen LogP contribution < -0.4 is 4.74 Å². The summed E-state index contributed by atoms with van der Waals surface area (Å²) in [5.74, 6) is 0.706. The zero-order valence-corrected chi connectivity index (χ0v) is 15.0. The zero-order chi connectivity index (χ0) is 19.1. The summed E-state index contributed by atoms with van der Waals surface area (Å²) in [6, 6.07) is 19.1. The molecular weight excluding hydrogens is 352 g/mol. The van der Waals surface area contributed by atoms with Gasteiger partial charge >= 0.3 is 0 Å². The number of pyridine rings is 2. The molecule has 5 nitrogen and oxygen atoms in total. The number of aliphatic hydroxyl groups is 2. The minimum atomic E-state index is -1.30. The van der Waals surface area contributed by atoms with E-state index in [-0.39, 0.29) is 13.2 Å². The summed E-state index contributed by atoms with van der Waals surface area (Å²) in [5, 5.41) is 22.8. The Morgan fingerprint density at radius 3 is 2.14 bits per heavy atom. The lowest BCUT2D eigenvalue weighted by molar-refractivity contribution is 0.130. The average Bonchev–Trinajstić information content (AvgIpc) is 3.02. The molecule has 2 heterocycles. The molecule has 0 spiro atoms. The molecule has 2 aromatic carbocycles. The Morgan fingerprint density at radius 2 is 1.46 bits per heavy atom. The number of fused-ring (bicyclic) bond motifs is 4. The van der Waals surface area contributed by atoms with Crippen molar-refractivity contribution in [1.82, 2.24) is 9.97 Å². The Labute approximate surface area is 161 Å². The van der Waals surface area contributed by atoms with Crippen molar-refractivity contribution in [2.75, 3.05) is 13.2 Å². The Balaban J connectivity index is 1.67. The van der Waals surface area contributed by atoms with Gasteiger partial charge in [-0.1, -0.05) is 30.3 Å². The molecule has 0 unspecified atom stereocenters. The summed E-state index contributed by atoms with van der Waals surface area (Å²) in [6.45, 7) is 0.238. The summed E-state index contributed by atoms with van der Waals surface area (Å²) in [4.78, 5) is 8.93. The van der Waals surface area contributed by atoms with Crippen molar-refractivity contribution in [2.24, 2.45) is 0 Å². The van der Waals surface area contributed by atoms with Gasteiger partial charge in [-0.25, -0.2) is 0 Å². The molecule has 0 radical (unpaired) electrons. The van der Waals surface area contributed by atoms with Crippen molar-refractivity contribution in [3.05, 3.63) is 89.7 Å². The number of ether oxygens (including phenoxy) is 1. The van der Waals surface area contributed by atoms with Gasteiger partial charge in [-0.15, -0.1) is 0 Å². The molecule has 138 valence electrons. The van der Waals surface area contributed by atoms with Crippen molar-refractivity contribution in [3.63, 3.8) is 0 Å². The van der Waals surface area contributed by atoms with Gasteiger partial charge in [0.1, 0.15) is 18.0 Å². The first kappa shape index (κ1) is 16.9. The van der Waals surface area contributed by atoms with Gasteiger partial charge in [0, 0.05) is 23.5 Å². The van der Waals surface area contributed by atoms with Gasteiger partial charge in [0.25, 0.3) is 0 Å². The highest BCUT2D eigenvalue weighted by atomic mass is 16.5. The molecule has 1 aliphatic rings. The van der Waals surface area contributed by atoms with Crippen LogP contribution in [0.4, 0.5) is 0 Å². The Morgan fingerprint density at radius 1 is 0.821 bits per heavy atom. The topological polar surface area (TPSA) is 75.5 Å². The highest BCUT2D eigenvalue weighted by molar-refractivity contribution is 5.86. The fraction of sp³-hybridized carbons (Fsp3) is 0.130. The standard InChI is InChI=1S/C23H18N2O3/c26-11-12-28-18-8-6-15-13-17(7-5-16(15)14-18)23(27)19-3-1-9-24-21(19)22-20(23)4-2-10-25-22/h1-10,13-14,26-27H,11-12H2. The third kappa shape index (κ3) is 2.41. The van der Waals surface area contributed by atoms with Crippen LogP contribution in [0.1, 0.15) is 16.7 Å². The lowest BCUT2D eigenvalue weighted by Crippen LogP contribution is -2.26. The lowest BCUT2D eigenvalue weighted by atomic mass is 9.84. The molecule has 5 rings (SSSR count). The van der Waals surface area contributed by atoms with Gasteiger partial charge in [0.15, 0.2) is 0 Å². The number of nitrogens with zero attached hydrogens (tertiary/aromatic N) is 2. The Hall–Kier alpha value is -3.28. The van der Waals surface area contributed by atoms with E-state index in [1.165, 1.54) is 0 Å². The van der Waals surface area contributed by atoms with Crippen LogP contribution in [0.5, 0.6) is 5.75 Å². The van der Waals surface area contributed by atoms with E-state index in [1.54, 1.807) is 12.4 Å². The van der Waals surface area contributed by atoms with E-state index in [1.807, 2.05) is 60.7 Å². The first-order valence-corrected chi connectivity index (χ1v) is 9.13. The molecule has 0 bridgehead atoms. The summed E-state index contributed by atoms with van der Waals surface area (Å²) < 4.78 is 5.49. The molecule has 5 heteroatoms. The van der Waals surface area contributed by atoms with Crippen molar-refractivity contribution in [2.45, 2.75) is 5.60 Å². The van der Waals surface area contributed by atoms with E-state index in [0.29, 0.717) is 17.1 Å². The third-order valence-electron chi connectivity index (χ3n) is 5.21. The predicted molar refractivity (Wildman–Crippen MR) is 106 cm³/mol. The summed E-state index contributed by atoms with van der Waals surface area (Å²) in [6.07, 6.45) is 3.44. The summed E-state index contributed by atoms with van der Waals surface area (Å²) in [5.41, 5.74) is 2.39. The Bertz CT molecular complexity index is 1140. The molecule has 0 saturated carbocycles. The minimum Gasteiger partial charge on any atom is -0.491 e. The van der Waals surface area contributed by atoms with Crippen LogP contribution in [0.3, 0.4) is 0 Å². The quantitative estimate of drug-likeness (QED) is 0.577. The maximum atomic E-state index is 11.9. The summed E-state index contributed by atoms with van der Waals surface area (Å²) in [7, 11) is 0. The fourth-order valence-electron chi connectivity index (χ4n) is 3.93. The van der Waals surface area contributed by atoms with E-state index >= 15 is 0 Å². The second-order valence-corrected chi connectivity index (χ2v) is 6.81. The van der Waals surface area contributed by atoms with Gasteiger partial charge < -0.3 is 14.9 Å². The molecule has 0 amide bonds. The van der Waals surface area contributed by atoms with Crippen molar-refractivity contribution in [3.8, 4) is 17.1 Å². The van der Waals surface area contributed by atoms with Gasteiger partial charge in [-0.3, -0.25) is 9.97 Å². The number of aromatic nitrogens is 2. The van der Waals surface area contributed by atoms with Crippen LogP contribution in [-0.2, 0) is 5.60 Å². The number of hydrogen-bond donors (Lipinski definition) is 2. The molecule has 28 heavy (non-hydrogen) atoms. The second-order valence-electron chi connectivity index (χ2n) is 6.81. The van der Waals surface area contributed by atoms with Crippen LogP contribution in [0, 0.1) is 0 Å². The molecule has 4 aromatic rings. The van der Waals surface area contributed by atoms with Crippen LogP contribution >= 0.6 is 0 Å². The number of aliphatic hydroxyl groups excluding tert-OH is 1. The van der Waals surface area contributed by atoms with Crippen molar-refractivity contribution in [1.29, 1.82) is 0 Å². The van der Waals surface area contributed by atoms with Gasteiger partial charge in [0.05, 0.1) is 18.0 Å². The van der Waals surface area contributed by atoms with Gasteiger partial charge in [-0.05, 0) is 46.7 Å². The highest BCUT2D eigenvalue weighted by Crippen LogP contribution is 2.49. The number of rotatable bonds is 4. The largest absolute Gasteiger partial charge is 0.491 e. The molecule has 1 aliphatic carbocycles. The Kier molecular flexibility index (Phi) is 3.86. The SMILES string of the molecule is OCCOc1ccc2cc(C3(O)c4cccnc4-c4ncccc43)ccc2c1. The average molecular weight is 370 g/mol. The maximum Gasteiger partial charge on any atom is 0.144 e. The number of hydrogen-bond acceptors (Lipinski definition) is 5. The number of benzene rings is 2. The molecule has 0 saturated heterocycles. The normalized spacial score (nSPS) is 13.9. The van der Waals surface area contributed by atoms with Crippen molar-refractivity contribution < 1.29 is 14.9 Å². The van der Waals surface area contributed by atoms with E-state index < -0.39 is 5.60 Å². The van der Waals surface area contributed by atoms with E-state index in [2.05, 4.69) is 9.97 Å². The second kappa shape index (κ2) is 6.41. The molecular formula is C23H18N2O3. The third-order valence-corrected chi connectivity index (χ3v) is 5.21. The maximum absolute atomic E-state index is 11.9. The first-order chi connectivity index (χ1) is 13.7. The monoisotopic (exact) mass is 370 g/mol. The van der Waals surface area contributed by atoms with Gasteiger partial charge in [-0.2, -0.15) is 0 Å². The van der Waals surface area contributed by atoms with Crippen LogP contribution in [0.15, 0.2) is 73.1 Å². The lowest BCUT2D eigenvalue weighted by Gasteiger charge is -2.26. The molecule has 0 atom stereocenters. The highest BCUT2D eigenvalue weighted by Gasteiger charge is 2.44. The molecule has 0 aliphatic heterocycles. The van der Waals surface area contributed by atoms with E-state index in [4.69, 9.17) is 9.84 Å². The molecule has 2 N–H and O–H groups in total. The minimum absolute atomic E-state index is 0.0229. The fourth-order valence-corrected chi connectivity index (χ4v) is 3.93. The van der Waals surface area contributed by atoms with Crippen LogP contribution in [0.25, 0.3) is 22.2 Å². The molecule has 0 fully saturated rings.